The van der Waals surface area contributed by atoms with Crippen molar-refractivity contribution in [1.29, 1.82) is 0 Å². The number of sulfonamides is 1. The van der Waals surface area contributed by atoms with E-state index in [0.717, 1.165) is 10.7 Å². The standard InChI is InChI=1S/C28H31Cl2N3O5S/c1-4-15-31-28(35)20(2)32(18-21-9-8-10-22(29)16-21)27(34)19-33(25-17-23(30)13-14-26(25)38-3)39(36,37)24-11-6-5-7-12-24/h5-14,16-17,20H,4,15,18-19H2,1-3H3,(H,31,35)/t20-/m0/s1. The normalized spacial score (nSPS) is 11.9. The van der Waals surface area contributed by atoms with Crippen LogP contribution in [0.4, 0.5) is 5.69 Å². The van der Waals surface area contributed by atoms with Gasteiger partial charge >= 0.3 is 0 Å². The molecule has 3 rings (SSSR count). The van der Waals surface area contributed by atoms with Crippen molar-refractivity contribution in [1.82, 2.24) is 10.2 Å². The molecule has 0 heterocycles. The molecule has 0 saturated carbocycles. The molecule has 3 aromatic carbocycles. The largest absolute Gasteiger partial charge is 0.495 e. The van der Waals surface area contributed by atoms with Gasteiger partial charge in [-0.3, -0.25) is 13.9 Å². The van der Waals surface area contributed by atoms with Gasteiger partial charge in [0.05, 0.1) is 17.7 Å². The smallest absolute Gasteiger partial charge is 0.264 e. The number of halogens is 2. The Labute approximate surface area is 239 Å². The van der Waals surface area contributed by atoms with Gasteiger partial charge in [0.15, 0.2) is 0 Å². The molecule has 0 aliphatic carbocycles. The van der Waals surface area contributed by atoms with Crippen LogP contribution >= 0.6 is 23.2 Å². The van der Waals surface area contributed by atoms with E-state index >= 15 is 0 Å². The van der Waals surface area contributed by atoms with Gasteiger partial charge in [-0.25, -0.2) is 8.42 Å². The second-order valence-electron chi connectivity index (χ2n) is 8.76. The molecule has 8 nitrogen and oxygen atoms in total. The van der Waals surface area contributed by atoms with E-state index in [-0.39, 0.29) is 33.8 Å². The molecule has 39 heavy (non-hydrogen) atoms. The first kappa shape index (κ1) is 30.3. The van der Waals surface area contributed by atoms with Crippen LogP contribution in [0.1, 0.15) is 25.8 Å². The SMILES string of the molecule is CCCNC(=O)[C@H](C)N(Cc1cccc(Cl)c1)C(=O)CN(c1cc(Cl)ccc1OC)S(=O)(=O)c1ccccc1. The summed E-state index contributed by atoms with van der Waals surface area (Å²) in [6.07, 6.45) is 0.721. The summed E-state index contributed by atoms with van der Waals surface area (Å²) in [6, 6.07) is 18.3. The number of ether oxygens (including phenoxy) is 1. The van der Waals surface area contributed by atoms with Gasteiger partial charge in [-0.15, -0.1) is 0 Å². The summed E-state index contributed by atoms with van der Waals surface area (Å²) in [5.74, 6) is -0.748. The summed E-state index contributed by atoms with van der Waals surface area (Å²) in [5, 5.41) is 3.53. The van der Waals surface area contributed by atoms with Gasteiger partial charge in [0.2, 0.25) is 11.8 Å². The molecule has 3 aromatic rings. The first-order chi connectivity index (χ1) is 18.6. The monoisotopic (exact) mass is 591 g/mol. The van der Waals surface area contributed by atoms with Crippen LogP contribution in [-0.2, 0) is 26.2 Å². The number of methoxy groups -OCH3 is 1. The third-order valence-corrected chi connectivity index (χ3v) is 8.22. The van der Waals surface area contributed by atoms with E-state index in [0.29, 0.717) is 17.1 Å². The number of nitrogens with zero attached hydrogens (tertiary/aromatic N) is 2. The second-order valence-corrected chi connectivity index (χ2v) is 11.5. The van der Waals surface area contributed by atoms with Gasteiger partial charge in [0.25, 0.3) is 10.0 Å². The number of carbonyl (C=O) groups is 2. The number of hydrogen-bond donors (Lipinski definition) is 1. The Morgan fingerprint density at radius 3 is 2.31 bits per heavy atom. The van der Waals surface area contributed by atoms with Crippen molar-refractivity contribution in [3.63, 3.8) is 0 Å². The Balaban J connectivity index is 2.08. The highest BCUT2D eigenvalue weighted by atomic mass is 35.5. The van der Waals surface area contributed by atoms with E-state index in [1.165, 1.54) is 36.3 Å². The Morgan fingerprint density at radius 2 is 1.67 bits per heavy atom. The van der Waals surface area contributed by atoms with Crippen LogP contribution in [0, 0.1) is 0 Å². The van der Waals surface area contributed by atoms with Gasteiger partial charge in [-0.1, -0.05) is 60.5 Å². The lowest BCUT2D eigenvalue weighted by Crippen LogP contribution is -2.51. The summed E-state index contributed by atoms with van der Waals surface area (Å²) in [4.78, 5) is 28.2. The quantitative estimate of drug-likeness (QED) is 0.314. The summed E-state index contributed by atoms with van der Waals surface area (Å²) >= 11 is 12.4. The summed E-state index contributed by atoms with van der Waals surface area (Å²) in [6.45, 7) is 3.39. The molecule has 0 spiro atoms. The molecule has 0 saturated heterocycles. The van der Waals surface area contributed by atoms with E-state index in [4.69, 9.17) is 27.9 Å². The molecular weight excluding hydrogens is 561 g/mol. The topological polar surface area (TPSA) is 96.0 Å². The third kappa shape index (κ3) is 7.65. The van der Waals surface area contributed by atoms with Crippen LogP contribution in [0.25, 0.3) is 0 Å². The molecule has 208 valence electrons. The van der Waals surface area contributed by atoms with Crippen LogP contribution in [0.5, 0.6) is 5.75 Å². The number of amides is 2. The fraction of sp³-hybridized carbons (Fsp3) is 0.286. The van der Waals surface area contributed by atoms with E-state index in [9.17, 15) is 18.0 Å². The van der Waals surface area contributed by atoms with Crippen LogP contribution in [-0.4, -0.2) is 51.4 Å². The van der Waals surface area contributed by atoms with Crippen LogP contribution in [0.2, 0.25) is 10.0 Å². The molecule has 0 aliphatic heterocycles. The highest BCUT2D eigenvalue weighted by Gasteiger charge is 2.33. The van der Waals surface area contributed by atoms with Gasteiger partial charge in [0.1, 0.15) is 18.3 Å². The molecule has 0 aromatic heterocycles. The van der Waals surface area contributed by atoms with Crippen molar-refractivity contribution in [2.75, 3.05) is 24.5 Å². The number of hydrogen-bond acceptors (Lipinski definition) is 5. The first-order valence-corrected chi connectivity index (χ1v) is 14.5. The van der Waals surface area contributed by atoms with Crippen molar-refractivity contribution in [3.05, 3.63) is 88.4 Å². The molecule has 1 N–H and O–H groups in total. The van der Waals surface area contributed by atoms with Crippen LogP contribution in [0.15, 0.2) is 77.7 Å². The number of benzene rings is 3. The zero-order valence-corrected chi connectivity index (χ0v) is 24.3. The predicted octanol–water partition coefficient (Wildman–Crippen LogP) is 5.14. The molecule has 0 bridgehead atoms. The van der Waals surface area contributed by atoms with Gasteiger partial charge < -0.3 is 15.0 Å². The van der Waals surface area contributed by atoms with Crippen molar-refractivity contribution in [2.45, 2.75) is 37.8 Å². The molecule has 2 amide bonds. The fourth-order valence-corrected chi connectivity index (χ4v) is 5.72. The predicted molar refractivity (Wildman–Crippen MR) is 154 cm³/mol. The van der Waals surface area contributed by atoms with Crippen molar-refractivity contribution in [3.8, 4) is 5.75 Å². The van der Waals surface area contributed by atoms with Crippen LogP contribution in [0.3, 0.4) is 0 Å². The van der Waals surface area contributed by atoms with Crippen LogP contribution < -0.4 is 14.4 Å². The van der Waals surface area contributed by atoms with E-state index in [2.05, 4.69) is 5.32 Å². The molecule has 0 fully saturated rings. The minimum atomic E-state index is -4.25. The number of carbonyl (C=O) groups excluding carboxylic acids is 2. The Bertz CT molecular complexity index is 1400. The number of anilines is 1. The van der Waals surface area contributed by atoms with Gasteiger partial charge in [-0.05, 0) is 61.4 Å². The van der Waals surface area contributed by atoms with Crippen molar-refractivity contribution in [2.24, 2.45) is 0 Å². The Morgan fingerprint density at radius 1 is 0.974 bits per heavy atom. The van der Waals surface area contributed by atoms with E-state index < -0.39 is 28.5 Å². The molecule has 1 atom stereocenters. The van der Waals surface area contributed by atoms with Crippen molar-refractivity contribution < 1.29 is 22.7 Å². The minimum absolute atomic E-state index is 0.0186. The first-order valence-electron chi connectivity index (χ1n) is 12.3. The molecular formula is C28H31Cl2N3O5S. The maximum atomic E-state index is 13.9. The molecule has 0 radical (unpaired) electrons. The lowest BCUT2D eigenvalue weighted by atomic mass is 10.1. The maximum absolute atomic E-state index is 13.9. The van der Waals surface area contributed by atoms with Crippen molar-refractivity contribution >= 4 is 50.7 Å². The lowest BCUT2D eigenvalue weighted by Gasteiger charge is -2.32. The summed E-state index contributed by atoms with van der Waals surface area (Å²) in [5.41, 5.74) is 0.775. The third-order valence-electron chi connectivity index (χ3n) is 5.98. The van der Waals surface area contributed by atoms with E-state index in [1.54, 1.807) is 55.5 Å². The fourth-order valence-electron chi connectivity index (χ4n) is 3.90. The molecule has 0 aliphatic rings. The second kappa shape index (κ2) is 13.7. The maximum Gasteiger partial charge on any atom is 0.264 e. The average molecular weight is 593 g/mol. The zero-order valence-electron chi connectivity index (χ0n) is 21.9. The highest BCUT2D eigenvalue weighted by molar-refractivity contribution is 7.92. The Kier molecular flexibility index (Phi) is 10.6. The minimum Gasteiger partial charge on any atom is -0.495 e. The van der Waals surface area contributed by atoms with Gasteiger partial charge in [-0.2, -0.15) is 0 Å². The number of nitrogens with one attached hydrogen (secondary N) is 1. The van der Waals surface area contributed by atoms with Gasteiger partial charge in [0, 0.05) is 23.1 Å². The zero-order chi connectivity index (χ0) is 28.6. The Hall–Kier alpha value is -3.27. The molecule has 11 heteroatoms. The highest BCUT2D eigenvalue weighted by Crippen LogP contribution is 2.35. The number of rotatable bonds is 12. The summed E-state index contributed by atoms with van der Waals surface area (Å²) < 4.78 is 34.1. The molecule has 0 unspecified atom stereocenters. The lowest BCUT2D eigenvalue weighted by molar-refractivity contribution is -0.139. The van der Waals surface area contributed by atoms with E-state index in [1.807, 2.05) is 6.92 Å². The average Bonchev–Trinajstić information content (AvgIpc) is 2.93. The summed E-state index contributed by atoms with van der Waals surface area (Å²) in [7, 11) is -2.85.